The molecule has 11 nitrogen and oxygen atoms in total. The number of aromatic nitrogens is 3. The number of non-ortho nitro benzene ring substituents is 1. The largest absolute Gasteiger partial charge is 0.497 e. The summed E-state index contributed by atoms with van der Waals surface area (Å²) in [6, 6.07) is 9.93. The molecule has 1 amide bonds. The molecule has 2 N–H and O–H groups in total. The Morgan fingerprint density at radius 3 is 2.73 bits per heavy atom. The summed E-state index contributed by atoms with van der Waals surface area (Å²) in [5, 5.41) is 14.0. The van der Waals surface area contributed by atoms with Crippen LogP contribution in [0.4, 0.5) is 10.8 Å². The third kappa shape index (κ3) is 4.97. The van der Waals surface area contributed by atoms with Gasteiger partial charge >= 0.3 is 0 Å². The minimum absolute atomic E-state index is 0.0287. The Labute approximate surface area is 195 Å². The highest BCUT2D eigenvalue weighted by atomic mass is 32.2. The summed E-state index contributed by atoms with van der Waals surface area (Å²) in [6.45, 7) is 0. The molecule has 0 bridgehead atoms. The van der Waals surface area contributed by atoms with E-state index in [1.54, 1.807) is 25.3 Å². The first-order valence-electron chi connectivity index (χ1n) is 9.18. The van der Waals surface area contributed by atoms with E-state index < -0.39 is 14.8 Å². The molecule has 0 spiro atoms. The van der Waals surface area contributed by atoms with Gasteiger partial charge in [0.05, 0.1) is 39.9 Å². The molecule has 0 aliphatic heterocycles. The van der Waals surface area contributed by atoms with Crippen molar-refractivity contribution in [3.05, 3.63) is 58.8 Å². The fraction of sp³-hybridized carbons (Fsp3) is 0.105. The van der Waals surface area contributed by atoms with Gasteiger partial charge in [0.25, 0.3) is 5.69 Å². The Hall–Kier alpha value is -3.49. The summed E-state index contributed by atoms with van der Waals surface area (Å²) < 4.78 is 30.5. The maximum atomic E-state index is 12.7. The molecule has 33 heavy (non-hydrogen) atoms. The molecule has 0 unspecified atom stereocenters. The lowest BCUT2D eigenvalue weighted by Gasteiger charge is -2.01. The van der Waals surface area contributed by atoms with E-state index in [4.69, 9.17) is 4.74 Å². The van der Waals surface area contributed by atoms with Crippen LogP contribution in [-0.4, -0.2) is 47.1 Å². The zero-order chi connectivity index (χ0) is 23.6. The molecular weight excluding hydrogens is 490 g/mol. The molecule has 4 aromatic rings. The van der Waals surface area contributed by atoms with Crippen molar-refractivity contribution in [2.75, 3.05) is 18.2 Å². The van der Waals surface area contributed by atoms with E-state index in [2.05, 4.69) is 20.3 Å². The molecule has 2 aromatic heterocycles. The summed E-state index contributed by atoms with van der Waals surface area (Å²) in [5.41, 5.74) is 1.30. The number of hydrogen-bond donors (Lipinski definition) is 2. The number of thiazole rings is 1. The van der Waals surface area contributed by atoms with E-state index in [9.17, 15) is 23.3 Å². The standard InChI is InChI=1S/C19H15N5O6S3/c1-30-12-4-7-14-15(8-12)22-19(21-14)31-10-16(25)23-18-20-9-17(32-18)33(28,29)13-5-2-11(3-6-13)24(26)27/h2-9H,10H2,1H3,(H,21,22)(H,20,23,25). The first kappa shape index (κ1) is 22.7. The van der Waals surface area contributed by atoms with E-state index in [1.807, 2.05) is 0 Å². The third-order valence-electron chi connectivity index (χ3n) is 4.36. The predicted molar refractivity (Wildman–Crippen MR) is 123 cm³/mol. The Kier molecular flexibility index (Phi) is 6.31. The lowest BCUT2D eigenvalue weighted by Crippen LogP contribution is -2.13. The molecule has 0 aliphatic rings. The number of rotatable bonds is 8. The highest BCUT2D eigenvalue weighted by Crippen LogP contribution is 2.30. The average molecular weight is 506 g/mol. The highest BCUT2D eigenvalue weighted by Gasteiger charge is 2.22. The number of hydrogen-bond acceptors (Lipinski definition) is 10. The van der Waals surface area contributed by atoms with Crippen LogP contribution in [0, 0.1) is 10.1 Å². The first-order chi connectivity index (χ1) is 15.8. The number of fused-ring (bicyclic) bond motifs is 1. The Morgan fingerprint density at radius 2 is 2.03 bits per heavy atom. The van der Waals surface area contributed by atoms with Crippen molar-refractivity contribution in [3.8, 4) is 5.75 Å². The van der Waals surface area contributed by atoms with Crippen LogP contribution in [0.2, 0.25) is 0 Å². The molecule has 0 atom stereocenters. The van der Waals surface area contributed by atoms with Gasteiger partial charge in [0.2, 0.25) is 15.7 Å². The molecule has 2 heterocycles. The van der Waals surface area contributed by atoms with E-state index in [0.29, 0.717) is 10.9 Å². The quantitative estimate of drug-likeness (QED) is 0.208. The molecule has 0 radical (unpaired) electrons. The monoisotopic (exact) mass is 505 g/mol. The Morgan fingerprint density at radius 1 is 1.27 bits per heavy atom. The van der Waals surface area contributed by atoms with Crippen LogP contribution >= 0.6 is 23.1 Å². The van der Waals surface area contributed by atoms with Crippen LogP contribution < -0.4 is 10.1 Å². The molecule has 0 aliphatic carbocycles. The van der Waals surface area contributed by atoms with Gasteiger partial charge in [-0.2, -0.15) is 0 Å². The summed E-state index contributed by atoms with van der Waals surface area (Å²) in [7, 11) is -2.35. The van der Waals surface area contributed by atoms with Gasteiger partial charge in [-0.05, 0) is 24.3 Å². The number of thioether (sulfide) groups is 1. The number of imidazole rings is 1. The number of nitro benzene ring substituents is 1. The minimum Gasteiger partial charge on any atom is -0.497 e. The predicted octanol–water partition coefficient (Wildman–Crippen LogP) is 3.50. The zero-order valence-electron chi connectivity index (χ0n) is 16.8. The number of anilines is 1. The van der Waals surface area contributed by atoms with Gasteiger partial charge in [-0.3, -0.25) is 14.9 Å². The highest BCUT2D eigenvalue weighted by molar-refractivity contribution is 7.99. The van der Waals surface area contributed by atoms with Gasteiger partial charge in [0.15, 0.2) is 10.3 Å². The molecule has 0 saturated carbocycles. The smallest absolute Gasteiger partial charge is 0.269 e. The second-order valence-electron chi connectivity index (χ2n) is 6.50. The van der Waals surface area contributed by atoms with Crippen molar-refractivity contribution in [1.29, 1.82) is 0 Å². The summed E-state index contributed by atoms with van der Waals surface area (Å²) in [4.78, 5) is 33.8. The lowest BCUT2D eigenvalue weighted by atomic mass is 10.3. The number of amides is 1. The van der Waals surface area contributed by atoms with Gasteiger partial charge in [0.1, 0.15) is 9.96 Å². The Bertz CT molecular complexity index is 1450. The van der Waals surface area contributed by atoms with Crippen LogP contribution in [0.25, 0.3) is 11.0 Å². The number of benzene rings is 2. The fourth-order valence-corrected chi connectivity index (χ4v) is 5.89. The molecular formula is C19H15N5O6S3. The maximum absolute atomic E-state index is 12.7. The van der Waals surface area contributed by atoms with Crippen molar-refractivity contribution in [2.24, 2.45) is 0 Å². The number of nitrogens with zero attached hydrogens (tertiary/aromatic N) is 3. The second kappa shape index (κ2) is 9.17. The average Bonchev–Trinajstić information content (AvgIpc) is 3.44. The number of ether oxygens (including phenoxy) is 1. The zero-order valence-corrected chi connectivity index (χ0v) is 19.3. The number of methoxy groups -OCH3 is 1. The number of sulfone groups is 1. The number of carbonyl (C=O) groups excluding carboxylic acids is 1. The van der Waals surface area contributed by atoms with Crippen molar-refractivity contribution in [2.45, 2.75) is 14.3 Å². The number of nitrogens with one attached hydrogen (secondary N) is 2. The normalized spacial score (nSPS) is 11.4. The number of carbonyl (C=O) groups is 1. The topological polar surface area (TPSA) is 157 Å². The van der Waals surface area contributed by atoms with Crippen LogP contribution in [0.5, 0.6) is 5.75 Å². The van der Waals surface area contributed by atoms with Gasteiger partial charge in [-0.25, -0.2) is 18.4 Å². The van der Waals surface area contributed by atoms with Gasteiger partial charge < -0.3 is 15.0 Å². The van der Waals surface area contributed by atoms with Crippen LogP contribution in [-0.2, 0) is 14.6 Å². The van der Waals surface area contributed by atoms with Crippen molar-refractivity contribution < 1.29 is 22.9 Å². The molecule has 14 heteroatoms. The van der Waals surface area contributed by atoms with Gasteiger partial charge in [0, 0.05) is 18.2 Å². The molecule has 0 fully saturated rings. The molecule has 4 rings (SSSR count). The van der Waals surface area contributed by atoms with Gasteiger partial charge in [-0.15, -0.1) is 0 Å². The maximum Gasteiger partial charge on any atom is 0.269 e. The van der Waals surface area contributed by atoms with Crippen molar-refractivity contribution in [3.63, 3.8) is 0 Å². The number of aromatic amines is 1. The minimum atomic E-state index is -3.92. The van der Waals surface area contributed by atoms with Crippen LogP contribution in [0.15, 0.2) is 62.9 Å². The van der Waals surface area contributed by atoms with E-state index in [1.165, 1.54) is 11.8 Å². The second-order valence-corrected chi connectivity index (χ2v) is 10.7. The summed E-state index contributed by atoms with van der Waals surface area (Å²) >= 11 is 1.98. The molecule has 0 saturated heterocycles. The third-order valence-corrected chi connectivity index (χ3v) is 8.38. The lowest BCUT2D eigenvalue weighted by molar-refractivity contribution is -0.384. The van der Waals surface area contributed by atoms with Crippen LogP contribution in [0.3, 0.4) is 0 Å². The van der Waals surface area contributed by atoms with Gasteiger partial charge in [-0.1, -0.05) is 23.1 Å². The van der Waals surface area contributed by atoms with Crippen molar-refractivity contribution >= 4 is 60.7 Å². The van der Waals surface area contributed by atoms with E-state index >= 15 is 0 Å². The van der Waals surface area contributed by atoms with E-state index in [-0.39, 0.29) is 31.6 Å². The first-order valence-corrected chi connectivity index (χ1v) is 12.5. The van der Waals surface area contributed by atoms with Crippen molar-refractivity contribution in [1.82, 2.24) is 15.0 Å². The van der Waals surface area contributed by atoms with Crippen LogP contribution in [0.1, 0.15) is 0 Å². The fourth-order valence-electron chi connectivity index (χ4n) is 2.75. The summed E-state index contributed by atoms with van der Waals surface area (Å²) in [6.07, 6.45) is 1.14. The Balaban J connectivity index is 1.39. The SMILES string of the molecule is COc1ccc2nc(SCC(=O)Nc3ncc(S(=O)(=O)c4ccc([N+](=O)[O-])cc4)s3)[nH]c2c1. The van der Waals surface area contributed by atoms with E-state index in [0.717, 1.165) is 52.8 Å². The number of H-pyrrole nitrogens is 1. The molecule has 170 valence electrons. The summed E-state index contributed by atoms with van der Waals surface area (Å²) in [5.74, 6) is 0.330. The number of nitro groups is 1. The molecule has 2 aromatic carbocycles.